The molecule has 12 nitrogen and oxygen atoms in total. The zero-order valence-corrected chi connectivity index (χ0v) is 26.9. The number of aliphatic hydroxyl groups excluding tert-OH is 1. The molecule has 2 heterocycles. The van der Waals surface area contributed by atoms with Gasteiger partial charge in [0, 0.05) is 37.9 Å². The number of amides is 4. The molecule has 0 aliphatic carbocycles. The summed E-state index contributed by atoms with van der Waals surface area (Å²) < 4.78 is 0. The van der Waals surface area contributed by atoms with Crippen molar-refractivity contribution >= 4 is 34.4 Å². The predicted molar refractivity (Wildman–Crippen MR) is 178 cm³/mol. The molecule has 2 aromatic carbocycles. The molecular weight excluding hydrogens is 598 g/mol. The van der Waals surface area contributed by atoms with E-state index in [4.69, 9.17) is 0 Å². The van der Waals surface area contributed by atoms with Crippen LogP contribution in [0.25, 0.3) is 10.8 Å². The molecule has 0 aliphatic heterocycles. The molecule has 6 N–H and O–H groups in total. The van der Waals surface area contributed by atoms with Crippen LogP contribution in [0.15, 0.2) is 79.4 Å². The molecule has 1 unspecified atom stereocenters. The molecular formula is C35H43N7O5. The molecule has 0 radical (unpaired) electrons. The summed E-state index contributed by atoms with van der Waals surface area (Å²) in [4.78, 5) is 63.6. The maximum Gasteiger partial charge on any atom is 0.243 e. The number of pyridine rings is 1. The third-order valence-electron chi connectivity index (χ3n) is 7.71. The minimum atomic E-state index is -1.19. The lowest BCUT2D eigenvalue weighted by molar-refractivity contribution is -0.132. The van der Waals surface area contributed by atoms with Crippen LogP contribution in [0.3, 0.4) is 0 Å². The van der Waals surface area contributed by atoms with Crippen LogP contribution in [0.2, 0.25) is 0 Å². The third kappa shape index (κ3) is 10.7. The molecule has 0 bridgehead atoms. The first-order chi connectivity index (χ1) is 22.6. The number of nitrogens with zero attached hydrogens (tertiary/aromatic N) is 2. The number of aliphatic hydroxyl groups is 1. The average Bonchev–Trinajstić information content (AvgIpc) is 3.56. The minimum absolute atomic E-state index is 0.0771. The lowest BCUT2D eigenvalue weighted by Gasteiger charge is -2.29. The monoisotopic (exact) mass is 641 g/mol. The Morgan fingerprint density at radius 2 is 1.60 bits per heavy atom. The molecule has 4 amide bonds. The molecule has 2 aromatic heterocycles. The number of nitrogens with one attached hydrogen (secondary N) is 5. The molecule has 4 aromatic rings. The first kappa shape index (κ1) is 34.8. The first-order valence-electron chi connectivity index (χ1n) is 15.8. The van der Waals surface area contributed by atoms with Gasteiger partial charge in [0.2, 0.25) is 23.6 Å². The Hall–Kier alpha value is -5.10. The average molecular weight is 642 g/mol. The van der Waals surface area contributed by atoms with Crippen LogP contribution in [-0.2, 0) is 38.6 Å². The number of H-pyrrole nitrogens is 1. The quantitative estimate of drug-likeness (QED) is 0.109. The van der Waals surface area contributed by atoms with Gasteiger partial charge in [-0.1, -0.05) is 62.4 Å². The number of fused-ring (bicyclic) bond motifs is 1. The molecule has 4 rings (SSSR count). The smallest absolute Gasteiger partial charge is 0.243 e. The zero-order valence-electron chi connectivity index (χ0n) is 26.9. The van der Waals surface area contributed by atoms with Crippen molar-refractivity contribution in [1.82, 2.24) is 36.2 Å². The fourth-order valence-electron chi connectivity index (χ4n) is 5.44. The summed E-state index contributed by atoms with van der Waals surface area (Å²) in [5, 5.41) is 24.2. The molecule has 47 heavy (non-hydrogen) atoms. The highest BCUT2D eigenvalue weighted by Crippen LogP contribution is 2.20. The Morgan fingerprint density at radius 3 is 2.30 bits per heavy atom. The molecule has 0 spiro atoms. The van der Waals surface area contributed by atoms with E-state index in [1.807, 2.05) is 62.4 Å². The molecule has 12 heteroatoms. The van der Waals surface area contributed by atoms with E-state index in [9.17, 15) is 24.3 Å². The van der Waals surface area contributed by atoms with Crippen LogP contribution in [0.4, 0.5) is 0 Å². The summed E-state index contributed by atoms with van der Waals surface area (Å²) in [5.74, 6) is -1.78. The normalized spacial score (nSPS) is 13.7. The van der Waals surface area contributed by atoms with Gasteiger partial charge >= 0.3 is 0 Å². The van der Waals surface area contributed by atoms with Gasteiger partial charge in [-0.15, -0.1) is 0 Å². The van der Waals surface area contributed by atoms with E-state index < -0.39 is 36.0 Å². The zero-order chi connectivity index (χ0) is 33.8. The summed E-state index contributed by atoms with van der Waals surface area (Å²) >= 11 is 0. The number of hydrogen-bond acceptors (Lipinski definition) is 7. The van der Waals surface area contributed by atoms with Crippen LogP contribution in [0.5, 0.6) is 0 Å². The number of rotatable bonds is 16. The van der Waals surface area contributed by atoms with Crippen molar-refractivity contribution in [2.24, 2.45) is 5.92 Å². The number of aromatic nitrogens is 3. The van der Waals surface area contributed by atoms with Crippen LogP contribution in [-0.4, -0.2) is 67.9 Å². The van der Waals surface area contributed by atoms with Gasteiger partial charge in [0.25, 0.3) is 0 Å². The second-order valence-corrected chi connectivity index (χ2v) is 12.1. The number of imidazole rings is 1. The summed E-state index contributed by atoms with van der Waals surface area (Å²) in [6.07, 6.45) is 3.90. The highest BCUT2D eigenvalue weighted by Gasteiger charge is 2.31. The van der Waals surface area contributed by atoms with E-state index in [2.05, 4.69) is 36.2 Å². The van der Waals surface area contributed by atoms with Gasteiger partial charge in [-0.05, 0) is 40.8 Å². The summed E-state index contributed by atoms with van der Waals surface area (Å²) in [6, 6.07) is 16.1. The maximum absolute atomic E-state index is 13.8. The van der Waals surface area contributed by atoms with Crippen LogP contribution in [0.1, 0.15) is 50.6 Å². The standard InChI is InChI=1S/C35H43N7O5/c1-22(2)15-29(32(44)18-33(45)38-20-26-12-6-7-14-37-26)41-35(47)31(17-27-19-36-21-39-27)42-34(46)30(40-23(3)43)16-25-11-8-10-24-9-4-5-13-28(24)25/h4-14,19,21-22,29-32,44H,15-18,20H2,1-3H3,(H,36,39)(H,38,45)(H,40,43)(H,41,47)(H,42,46)/t29-,30-,31?,32-/m0/s1. The number of carbonyl (C=O) groups excluding carboxylic acids is 4. The number of carbonyl (C=O) groups is 4. The van der Waals surface area contributed by atoms with E-state index in [1.165, 1.54) is 13.3 Å². The fourth-order valence-corrected chi connectivity index (χ4v) is 5.44. The summed E-state index contributed by atoms with van der Waals surface area (Å²) in [7, 11) is 0. The van der Waals surface area contributed by atoms with E-state index in [-0.39, 0.29) is 43.5 Å². The molecule has 248 valence electrons. The lowest BCUT2D eigenvalue weighted by atomic mass is 9.96. The van der Waals surface area contributed by atoms with Gasteiger partial charge in [-0.3, -0.25) is 24.2 Å². The SMILES string of the molecule is CC(=O)N[C@@H](Cc1cccc2ccccc12)C(=O)NC(Cc1cnc[nH]1)C(=O)N[C@@H](CC(C)C)[C@@H](O)CC(=O)NCc1ccccn1. The van der Waals surface area contributed by atoms with Gasteiger partial charge in [0.1, 0.15) is 12.1 Å². The number of hydrogen-bond donors (Lipinski definition) is 6. The molecule has 0 aliphatic rings. The molecule has 0 saturated heterocycles. The van der Waals surface area contributed by atoms with Crippen molar-refractivity contribution in [3.05, 3.63) is 96.3 Å². The molecule has 0 fully saturated rings. The topological polar surface area (TPSA) is 178 Å². The van der Waals surface area contributed by atoms with Crippen LogP contribution in [0, 0.1) is 5.92 Å². The summed E-state index contributed by atoms with van der Waals surface area (Å²) in [6.45, 7) is 5.44. The fraction of sp³-hybridized carbons (Fsp3) is 0.371. The van der Waals surface area contributed by atoms with Gasteiger partial charge in [0.15, 0.2) is 0 Å². The number of benzene rings is 2. The van der Waals surface area contributed by atoms with E-state index in [1.54, 1.807) is 24.5 Å². The Bertz CT molecular complexity index is 1620. The van der Waals surface area contributed by atoms with Crippen molar-refractivity contribution in [3.8, 4) is 0 Å². The van der Waals surface area contributed by atoms with Crippen LogP contribution >= 0.6 is 0 Å². The lowest BCUT2D eigenvalue weighted by Crippen LogP contribution is -2.57. The van der Waals surface area contributed by atoms with Crippen LogP contribution < -0.4 is 21.3 Å². The number of aromatic amines is 1. The minimum Gasteiger partial charge on any atom is -0.390 e. The Labute approximate surface area is 274 Å². The van der Waals surface area contributed by atoms with E-state index >= 15 is 0 Å². The van der Waals surface area contributed by atoms with Gasteiger partial charge in [-0.25, -0.2) is 4.98 Å². The third-order valence-corrected chi connectivity index (χ3v) is 7.71. The van der Waals surface area contributed by atoms with Crippen molar-refractivity contribution in [1.29, 1.82) is 0 Å². The van der Waals surface area contributed by atoms with Crippen molar-refractivity contribution in [3.63, 3.8) is 0 Å². The molecule has 0 saturated carbocycles. The highest BCUT2D eigenvalue weighted by molar-refractivity contribution is 5.93. The van der Waals surface area contributed by atoms with Gasteiger partial charge in [0.05, 0.1) is 37.1 Å². The maximum atomic E-state index is 13.8. The Kier molecular flexibility index (Phi) is 12.6. The van der Waals surface area contributed by atoms with Crippen molar-refractivity contribution < 1.29 is 24.3 Å². The van der Waals surface area contributed by atoms with E-state index in [0.717, 1.165) is 16.3 Å². The Morgan fingerprint density at radius 1 is 0.872 bits per heavy atom. The van der Waals surface area contributed by atoms with Gasteiger partial charge in [-0.2, -0.15) is 0 Å². The van der Waals surface area contributed by atoms with E-state index in [0.29, 0.717) is 17.8 Å². The second kappa shape index (κ2) is 17.0. The largest absolute Gasteiger partial charge is 0.390 e. The van der Waals surface area contributed by atoms with Crippen molar-refractivity contribution in [2.75, 3.05) is 0 Å². The Balaban J connectivity index is 1.49. The second-order valence-electron chi connectivity index (χ2n) is 12.1. The molecule has 4 atom stereocenters. The predicted octanol–water partition coefficient (Wildman–Crippen LogP) is 2.33. The summed E-state index contributed by atoms with van der Waals surface area (Å²) in [5.41, 5.74) is 2.15. The highest BCUT2D eigenvalue weighted by atomic mass is 16.3. The van der Waals surface area contributed by atoms with Gasteiger partial charge < -0.3 is 31.4 Å². The van der Waals surface area contributed by atoms with Crippen molar-refractivity contribution in [2.45, 2.75) is 77.2 Å². The first-order valence-corrected chi connectivity index (χ1v) is 15.8.